The number of aryl methyl sites for hydroxylation is 2. The fourth-order valence-corrected chi connectivity index (χ4v) is 7.14. The molecule has 278 valence electrons. The van der Waals surface area contributed by atoms with E-state index in [-0.39, 0.29) is 48.3 Å². The Hall–Kier alpha value is -6.88. The summed E-state index contributed by atoms with van der Waals surface area (Å²) in [7, 11) is 3.52. The minimum atomic E-state index is -0.512. The number of hydrogen-bond acceptors (Lipinski definition) is 8. The van der Waals surface area contributed by atoms with Gasteiger partial charge in [-0.15, -0.1) is 0 Å². The Morgan fingerprint density at radius 1 is 1.00 bits per heavy atom. The van der Waals surface area contributed by atoms with Crippen LogP contribution >= 0.6 is 0 Å². The van der Waals surface area contributed by atoms with Crippen molar-refractivity contribution in [1.29, 1.82) is 0 Å². The molecule has 3 aromatic heterocycles. The number of furan rings is 1. The molecule has 0 unspecified atom stereocenters. The molecule has 2 aliphatic rings. The van der Waals surface area contributed by atoms with Crippen molar-refractivity contribution in [2.45, 2.75) is 26.2 Å². The number of pyridine rings is 1. The van der Waals surface area contributed by atoms with Gasteiger partial charge in [0.2, 0.25) is 5.91 Å². The fraction of sp³-hybridized carbons (Fsp3) is 0.244. The summed E-state index contributed by atoms with van der Waals surface area (Å²) in [6.07, 6.45) is 3.10. The van der Waals surface area contributed by atoms with Crippen LogP contribution in [0.5, 0.6) is 5.75 Å². The number of hydrogen-bond donors (Lipinski definition) is 2. The van der Waals surface area contributed by atoms with Crippen LogP contribution in [0.3, 0.4) is 0 Å². The number of carbonyl (C=O) groups excluding carboxylic acids is 3. The lowest BCUT2D eigenvalue weighted by Crippen LogP contribution is -2.49. The van der Waals surface area contributed by atoms with Gasteiger partial charge in [-0.25, -0.2) is 14.0 Å². The van der Waals surface area contributed by atoms with Crippen molar-refractivity contribution in [2.75, 3.05) is 36.0 Å². The Bertz CT molecular complexity index is 2680. The predicted octanol–water partition coefficient (Wildman–Crippen LogP) is 5.71. The second-order valence-corrected chi connectivity index (χ2v) is 13.8. The SMILES string of the molecule is CC(C)c1cc(N2CCOc3cc(-c4ccc(C(=O)NCC#Cc5ccc6occ(N7CCC(=O)NC7=O)c6c5)nc4)c(F)cc32)cc2c1n(C)c(=O)n2C. The van der Waals surface area contributed by atoms with Crippen molar-refractivity contribution >= 4 is 56.9 Å². The molecule has 8 rings (SSSR count). The number of ether oxygens (including phenoxy) is 1. The zero-order valence-corrected chi connectivity index (χ0v) is 30.5. The van der Waals surface area contributed by atoms with Crippen molar-refractivity contribution in [2.24, 2.45) is 14.1 Å². The fourth-order valence-electron chi connectivity index (χ4n) is 7.14. The van der Waals surface area contributed by atoms with E-state index in [4.69, 9.17) is 9.15 Å². The van der Waals surface area contributed by atoms with Crippen molar-refractivity contribution in [3.63, 3.8) is 0 Å². The highest BCUT2D eigenvalue weighted by atomic mass is 19.1. The van der Waals surface area contributed by atoms with Gasteiger partial charge in [-0.05, 0) is 53.9 Å². The average Bonchev–Trinajstić information content (AvgIpc) is 3.69. The number of amides is 4. The van der Waals surface area contributed by atoms with Gasteiger partial charge in [0, 0.05) is 67.1 Å². The second-order valence-electron chi connectivity index (χ2n) is 13.8. The minimum Gasteiger partial charge on any atom is -0.490 e. The molecule has 0 spiro atoms. The highest BCUT2D eigenvalue weighted by Gasteiger charge is 2.28. The molecule has 0 bridgehead atoms. The lowest BCUT2D eigenvalue weighted by Gasteiger charge is -2.32. The highest BCUT2D eigenvalue weighted by Crippen LogP contribution is 2.42. The topological polar surface area (TPSA) is 144 Å². The maximum atomic E-state index is 15.9. The summed E-state index contributed by atoms with van der Waals surface area (Å²) in [4.78, 5) is 57.4. The Balaban J connectivity index is 0.965. The van der Waals surface area contributed by atoms with Gasteiger partial charge in [0.25, 0.3) is 5.91 Å². The summed E-state index contributed by atoms with van der Waals surface area (Å²) in [6.45, 7) is 5.31. The van der Waals surface area contributed by atoms with E-state index in [0.29, 0.717) is 52.4 Å². The van der Waals surface area contributed by atoms with Crippen molar-refractivity contribution in [3.05, 3.63) is 100 Å². The first-order chi connectivity index (χ1) is 26.5. The first kappa shape index (κ1) is 35.2. The van der Waals surface area contributed by atoms with E-state index in [1.54, 1.807) is 53.6 Å². The molecule has 2 N–H and O–H groups in total. The van der Waals surface area contributed by atoms with Crippen LogP contribution in [0.25, 0.3) is 33.1 Å². The lowest BCUT2D eigenvalue weighted by molar-refractivity contribution is -0.120. The molecule has 0 atom stereocenters. The number of nitrogens with zero attached hydrogens (tertiary/aromatic N) is 5. The molecule has 1 fully saturated rings. The largest absolute Gasteiger partial charge is 0.490 e. The Morgan fingerprint density at radius 3 is 2.60 bits per heavy atom. The molecular formula is C41H36FN7O6. The van der Waals surface area contributed by atoms with Crippen LogP contribution in [0.4, 0.5) is 26.2 Å². The van der Waals surface area contributed by atoms with Crippen LogP contribution in [0.15, 0.2) is 76.3 Å². The normalized spacial score (nSPS) is 14.1. The van der Waals surface area contributed by atoms with E-state index in [1.165, 1.54) is 29.5 Å². The summed E-state index contributed by atoms with van der Waals surface area (Å²) < 4.78 is 30.8. The molecule has 0 saturated carbocycles. The maximum Gasteiger partial charge on any atom is 0.328 e. The molecule has 5 heterocycles. The number of nitrogens with one attached hydrogen (secondary N) is 2. The molecule has 3 aromatic carbocycles. The van der Waals surface area contributed by atoms with E-state index in [9.17, 15) is 19.2 Å². The zero-order valence-electron chi connectivity index (χ0n) is 30.5. The highest BCUT2D eigenvalue weighted by molar-refractivity contribution is 6.09. The number of benzene rings is 3. The van der Waals surface area contributed by atoms with Gasteiger partial charge in [-0.3, -0.25) is 33.9 Å². The predicted molar refractivity (Wildman–Crippen MR) is 205 cm³/mol. The zero-order chi connectivity index (χ0) is 38.5. The lowest BCUT2D eigenvalue weighted by atomic mass is 9.99. The van der Waals surface area contributed by atoms with Crippen LogP contribution in [0, 0.1) is 17.7 Å². The summed E-state index contributed by atoms with van der Waals surface area (Å²) in [5.74, 6) is 5.34. The number of imidazole rings is 1. The van der Waals surface area contributed by atoms with Crippen LogP contribution in [-0.2, 0) is 18.9 Å². The monoisotopic (exact) mass is 741 g/mol. The number of urea groups is 1. The molecule has 1 saturated heterocycles. The van der Waals surface area contributed by atoms with Crippen LogP contribution in [0.1, 0.15) is 47.8 Å². The molecule has 4 amide bonds. The van der Waals surface area contributed by atoms with E-state index >= 15 is 4.39 Å². The van der Waals surface area contributed by atoms with Gasteiger partial charge in [0.1, 0.15) is 35.7 Å². The average molecular weight is 742 g/mol. The first-order valence-corrected chi connectivity index (χ1v) is 17.8. The number of fused-ring (bicyclic) bond motifs is 3. The standard InChI is InChI=1S/C41H36FN7O6/c1-23(2)27-17-26(18-33-38(27)47(4)41(53)46(33)3)48-14-15-54-36-19-28(30(42)20-32(36)48)25-8-9-31(44-21-25)39(51)43-12-5-6-24-7-10-35-29(16-24)34(22-55-35)49-13-11-37(50)45-40(49)52/h7-10,16-23H,11-15H2,1-4H3,(H,43,51)(H,45,50,52). The van der Waals surface area contributed by atoms with Gasteiger partial charge >= 0.3 is 11.7 Å². The summed E-state index contributed by atoms with van der Waals surface area (Å²) in [6, 6.07) is 15.1. The van der Waals surface area contributed by atoms with E-state index < -0.39 is 17.8 Å². The van der Waals surface area contributed by atoms with Crippen LogP contribution in [-0.4, -0.2) is 58.2 Å². The third kappa shape index (κ3) is 6.33. The van der Waals surface area contributed by atoms with Gasteiger partial charge in [-0.2, -0.15) is 0 Å². The first-order valence-electron chi connectivity index (χ1n) is 17.8. The number of carbonyl (C=O) groups is 3. The van der Waals surface area contributed by atoms with E-state index in [2.05, 4.69) is 47.4 Å². The molecule has 55 heavy (non-hydrogen) atoms. The molecule has 14 heteroatoms. The molecular weight excluding hydrogens is 705 g/mol. The molecule has 0 aliphatic carbocycles. The number of halogens is 1. The van der Waals surface area contributed by atoms with Crippen molar-refractivity contribution in [3.8, 4) is 28.7 Å². The number of anilines is 3. The van der Waals surface area contributed by atoms with Gasteiger partial charge < -0.3 is 19.4 Å². The Morgan fingerprint density at radius 2 is 1.84 bits per heavy atom. The second kappa shape index (κ2) is 13.8. The minimum absolute atomic E-state index is 0.0364. The van der Waals surface area contributed by atoms with Gasteiger partial charge in [0.05, 0.1) is 35.5 Å². The van der Waals surface area contributed by atoms with Gasteiger partial charge in [0.15, 0.2) is 0 Å². The molecule has 0 radical (unpaired) electrons. The summed E-state index contributed by atoms with van der Waals surface area (Å²) in [5.41, 5.74) is 6.64. The smallest absolute Gasteiger partial charge is 0.328 e. The van der Waals surface area contributed by atoms with Crippen molar-refractivity contribution in [1.82, 2.24) is 24.8 Å². The number of aromatic nitrogens is 3. The summed E-state index contributed by atoms with van der Waals surface area (Å²) in [5, 5.41) is 5.71. The molecule has 2 aliphatic heterocycles. The van der Waals surface area contributed by atoms with Gasteiger partial charge in [-0.1, -0.05) is 31.8 Å². The van der Waals surface area contributed by atoms with Crippen LogP contribution in [0.2, 0.25) is 0 Å². The summed E-state index contributed by atoms with van der Waals surface area (Å²) >= 11 is 0. The Kier molecular flexibility index (Phi) is 8.84. The van der Waals surface area contributed by atoms with E-state index in [0.717, 1.165) is 22.3 Å². The number of imide groups is 1. The van der Waals surface area contributed by atoms with E-state index in [1.807, 2.05) is 11.0 Å². The van der Waals surface area contributed by atoms with Crippen LogP contribution < -0.4 is 30.9 Å². The number of rotatable bonds is 6. The third-order valence-electron chi connectivity index (χ3n) is 10.00. The third-order valence-corrected chi connectivity index (χ3v) is 10.00. The Labute approximate surface area is 314 Å². The molecule has 6 aromatic rings. The maximum absolute atomic E-state index is 15.9. The van der Waals surface area contributed by atoms with Crippen molar-refractivity contribution < 1.29 is 27.9 Å². The quantitative estimate of drug-likeness (QED) is 0.207. The molecule has 13 nitrogen and oxygen atoms in total.